The predicted molar refractivity (Wildman–Crippen MR) is 81.2 cm³/mol. The van der Waals surface area contributed by atoms with E-state index in [1.54, 1.807) is 24.3 Å². The molecule has 1 fully saturated rings. The molecule has 0 spiro atoms. The first kappa shape index (κ1) is 15.3. The molecule has 2 heterocycles. The normalized spacial score (nSPS) is 23.4. The lowest BCUT2D eigenvalue weighted by Crippen LogP contribution is -2.46. The Kier molecular flexibility index (Phi) is 3.94. The number of likely N-dealkylation sites (tertiary alicyclic amines) is 1. The second kappa shape index (κ2) is 5.91. The maximum Gasteiger partial charge on any atom is 0.308 e. The van der Waals surface area contributed by atoms with Crippen molar-refractivity contribution in [1.82, 2.24) is 4.90 Å². The number of carbonyl (C=O) groups excluding carboxylic acids is 2. The van der Waals surface area contributed by atoms with Crippen LogP contribution in [0.5, 0.6) is 5.75 Å². The second-order valence-electron chi connectivity index (χ2n) is 5.96. The second-order valence-corrected chi connectivity index (χ2v) is 5.96. The molecular formula is C16H18N2O5. The highest BCUT2D eigenvalue weighted by atomic mass is 16.5. The van der Waals surface area contributed by atoms with E-state index in [2.05, 4.69) is 0 Å². The molecule has 2 aliphatic heterocycles. The first-order chi connectivity index (χ1) is 11.0. The van der Waals surface area contributed by atoms with Crippen molar-refractivity contribution in [3.05, 3.63) is 24.3 Å². The molecule has 2 atom stereocenters. The molecule has 0 radical (unpaired) electrons. The lowest BCUT2D eigenvalue weighted by atomic mass is 9.99. The Balaban J connectivity index is 1.73. The Morgan fingerprint density at radius 2 is 2.04 bits per heavy atom. The van der Waals surface area contributed by atoms with Crippen molar-refractivity contribution in [1.29, 1.82) is 0 Å². The van der Waals surface area contributed by atoms with Crippen LogP contribution in [0.15, 0.2) is 24.3 Å². The van der Waals surface area contributed by atoms with E-state index in [4.69, 9.17) is 9.84 Å². The fourth-order valence-electron chi connectivity index (χ4n) is 3.05. The van der Waals surface area contributed by atoms with E-state index < -0.39 is 11.9 Å². The van der Waals surface area contributed by atoms with Crippen LogP contribution in [0.25, 0.3) is 0 Å². The Morgan fingerprint density at radius 1 is 1.30 bits per heavy atom. The van der Waals surface area contributed by atoms with Crippen molar-refractivity contribution >= 4 is 23.5 Å². The number of para-hydroxylation sites is 2. The number of hydrogen-bond donors (Lipinski definition) is 1. The molecule has 1 aromatic carbocycles. The van der Waals surface area contributed by atoms with Crippen LogP contribution in [0, 0.1) is 11.8 Å². The molecule has 0 aliphatic carbocycles. The summed E-state index contributed by atoms with van der Waals surface area (Å²) in [6.07, 6.45) is 0. The minimum absolute atomic E-state index is 0.0934. The van der Waals surface area contributed by atoms with E-state index in [1.165, 1.54) is 9.80 Å². The van der Waals surface area contributed by atoms with Gasteiger partial charge in [-0.1, -0.05) is 19.1 Å². The van der Waals surface area contributed by atoms with Crippen LogP contribution in [-0.4, -0.2) is 54.0 Å². The maximum absolute atomic E-state index is 12.5. The number of amides is 2. The van der Waals surface area contributed by atoms with Gasteiger partial charge in [0.25, 0.3) is 5.91 Å². The van der Waals surface area contributed by atoms with E-state index in [-0.39, 0.29) is 37.4 Å². The molecule has 2 aliphatic rings. The Hall–Kier alpha value is -2.57. The lowest BCUT2D eigenvalue weighted by Gasteiger charge is -2.30. The fourth-order valence-corrected chi connectivity index (χ4v) is 3.05. The highest BCUT2D eigenvalue weighted by Gasteiger charge is 2.38. The third-order valence-corrected chi connectivity index (χ3v) is 4.38. The highest BCUT2D eigenvalue weighted by molar-refractivity contribution is 6.02. The van der Waals surface area contributed by atoms with Crippen molar-refractivity contribution in [2.24, 2.45) is 11.8 Å². The van der Waals surface area contributed by atoms with Gasteiger partial charge in [0.2, 0.25) is 5.91 Å². The Morgan fingerprint density at radius 3 is 2.74 bits per heavy atom. The SMILES string of the molecule is C[C@@H]1CN(C(=O)CN2C(=O)COc3ccccc32)C[C@H]1C(=O)O. The van der Waals surface area contributed by atoms with Gasteiger partial charge in [-0.25, -0.2) is 0 Å². The smallest absolute Gasteiger partial charge is 0.308 e. The fraction of sp³-hybridized carbons (Fsp3) is 0.438. The summed E-state index contributed by atoms with van der Waals surface area (Å²) in [5.74, 6) is -1.49. The summed E-state index contributed by atoms with van der Waals surface area (Å²) in [5, 5.41) is 9.16. The minimum atomic E-state index is -0.888. The van der Waals surface area contributed by atoms with Crippen LogP contribution in [0.2, 0.25) is 0 Å². The van der Waals surface area contributed by atoms with E-state index in [9.17, 15) is 14.4 Å². The topological polar surface area (TPSA) is 87.2 Å². The average Bonchev–Trinajstić information content (AvgIpc) is 2.92. The summed E-state index contributed by atoms with van der Waals surface area (Å²) >= 11 is 0. The molecule has 2 amide bonds. The molecule has 0 bridgehead atoms. The van der Waals surface area contributed by atoms with Gasteiger partial charge in [-0.3, -0.25) is 19.3 Å². The largest absolute Gasteiger partial charge is 0.482 e. The molecule has 0 unspecified atom stereocenters. The van der Waals surface area contributed by atoms with Crippen LogP contribution < -0.4 is 9.64 Å². The molecule has 0 saturated carbocycles. The number of aliphatic carboxylic acids is 1. The molecule has 1 aromatic rings. The summed E-state index contributed by atoms with van der Waals surface area (Å²) in [6, 6.07) is 7.05. The number of carbonyl (C=O) groups is 3. The van der Waals surface area contributed by atoms with Crippen LogP contribution >= 0.6 is 0 Å². The van der Waals surface area contributed by atoms with Crippen molar-refractivity contribution in [2.45, 2.75) is 6.92 Å². The Bertz CT molecular complexity index is 660. The maximum atomic E-state index is 12.5. The lowest BCUT2D eigenvalue weighted by molar-refractivity contribution is -0.142. The van der Waals surface area contributed by atoms with Gasteiger partial charge in [0, 0.05) is 13.1 Å². The predicted octanol–water partition coefficient (Wildman–Crippen LogP) is 0.591. The van der Waals surface area contributed by atoms with Gasteiger partial charge in [-0.15, -0.1) is 0 Å². The first-order valence-electron chi connectivity index (χ1n) is 7.50. The third kappa shape index (κ3) is 2.86. The zero-order chi connectivity index (χ0) is 16.6. The van der Waals surface area contributed by atoms with E-state index in [1.807, 2.05) is 6.92 Å². The molecule has 7 nitrogen and oxygen atoms in total. The first-order valence-corrected chi connectivity index (χ1v) is 7.50. The summed E-state index contributed by atoms with van der Waals surface area (Å²) in [6.45, 7) is 2.21. The standard InChI is InChI=1S/C16H18N2O5/c1-10-6-17(7-11(10)16(21)22)14(19)8-18-12-4-2-3-5-13(12)23-9-15(18)20/h2-5,10-11H,6-9H2,1H3,(H,21,22)/t10-,11-/m1/s1. The summed E-state index contributed by atoms with van der Waals surface area (Å²) in [4.78, 5) is 38.7. The van der Waals surface area contributed by atoms with E-state index in [0.717, 1.165) is 0 Å². The van der Waals surface area contributed by atoms with Crippen LogP contribution in [0.4, 0.5) is 5.69 Å². The van der Waals surface area contributed by atoms with Crippen molar-refractivity contribution < 1.29 is 24.2 Å². The number of hydrogen-bond acceptors (Lipinski definition) is 4. The van der Waals surface area contributed by atoms with Crippen LogP contribution in [0.1, 0.15) is 6.92 Å². The van der Waals surface area contributed by atoms with E-state index >= 15 is 0 Å². The Labute approximate surface area is 133 Å². The molecule has 7 heteroatoms. The summed E-state index contributed by atoms with van der Waals surface area (Å²) in [5.41, 5.74) is 0.569. The number of ether oxygens (including phenoxy) is 1. The number of fused-ring (bicyclic) bond motifs is 1. The number of carboxylic acid groups (broad SMARTS) is 1. The van der Waals surface area contributed by atoms with Crippen LogP contribution in [-0.2, 0) is 14.4 Å². The minimum Gasteiger partial charge on any atom is -0.482 e. The van der Waals surface area contributed by atoms with E-state index in [0.29, 0.717) is 18.0 Å². The van der Waals surface area contributed by atoms with Crippen molar-refractivity contribution in [2.75, 3.05) is 31.1 Å². The van der Waals surface area contributed by atoms with Gasteiger partial charge < -0.3 is 14.7 Å². The third-order valence-electron chi connectivity index (χ3n) is 4.38. The summed E-state index contributed by atoms with van der Waals surface area (Å²) in [7, 11) is 0. The van der Waals surface area contributed by atoms with Crippen LogP contribution in [0.3, 0.4) is 0 Å². The van der Waals surface area contributed by atoms with Gasteiger partial charge >= 0.3 is 5.97 Å². The number of carboxylic acids is 1. The zero-order valence-corrected chi connectivity index (χ0v) is 12.8. The average molecular weight is 318 g/mol. The monoisotopic (exact) mass is 318 g/mol. The van der Waals surface area contributed by atoms with Gasteiger partial charge in [0.1, 0.15) is 12.3 Å². The van der Waals surface area contributed by atoms with Gasteiger partial charge in [-0.2, -0.15) is 0 Å². The number of nitrogens with zero attached hydrogens (tertiary/aromatic N) is 2. The van der Waals surface area contributed by atoms with Crippen molar-refractivity contribution in [3.63, 3.8) is 0 Å². The van der Waals surface area contributed by atoms with Gasteiger partial charge in [0.05, 0.1) is 11.6 Å². The van der Waals surface area contributed by atoms with Gasteiger partial charge in [-0.05, 0) is 18.1 Å². The number of benzene rings is 1. The van der Waals surface area contributed by atoms with Gasteiger partial charge in [0.15, 0.2) is 6.61 Å². The zero-order valence-electron chi connectivity index (χ0n) is 12.8. The molecule has 1 saturated heterocycles. The number of anilines is 1. The molecule has 122 valence electrons. The summed E-state index contributed by atoms with van der Waals surface area (Å²) < 4.78 is 5.34. The molecule has 0 aromatic heterocycles. The highest BCUT2D eigenvalue weighted by Crippen LogP contribution is 2.31. The molecule has 23 heavy (non-hydrogen) atoms. The number of rotatable bonds is 3. The molecule has 3 rings (SSSR count). The quantitative estimate of drug-likeness (QED) is 0.881. The van der Waals surface area contributed by atoms with Crippen molar-refractivity contribution in [3.8, 4) is 5.75 Å². The molecular weight excluding hydrogens is 300 g/mol. The molecule has 1 N–H and O–H groups in total.